The lowest BCUT2D eigenvalue weighted by Crippen LogP contribution is -2.49. The number of hydrogen-bond donors (Lipinski definition) is 1. The summed E-state index contributed by atoms with van der Waals surface area (Å²) in [6.45, 7) is 8.10. The maximum absolute atomic E-state index is 11.9. The number of carbonyl (C=O) groups is 2. The molecule has 0 unspecified atom stereocenters. The van der Waals surface area contributed by atoms with Gasteiger partial charge in [-0.05, 0) is 32.9 Å². The minimum Gasteiger partial charge on any atom is -0.450 e. The first-order chi connectivity index (χ1) is 13.5. The summed E-state index contributed by atoms with van der Waals surface area (Å²) in [5.74, 6) is 2.13. The third kappa shape index (κ3) is 4.76. The Bertz CT molecular complexity index is 863. The lowest BCUT2D eigenvalue weighted by atomic mass is 10.1. The summed E-state index contributed by atoms with van der Waals surface area (Å²) in [5.41, 5.74) is 1.44. The number of piperazine rings is 1. The van der Waals surface area contributed by atoms with E-state index in [4.69, 9.17) is 4.74 Å². The van der Waals surface area contributed by atoms with Gasteiger partial charge in [0.1, 0.15) is 17.5 Å². The largest absolute Gasteiger partial charge is 0.450 e. The second-order valence-corrected chi connectivity index (χ2v) is 6.59. The Balaban J connectivity index is 1.71. The van der Waals surface area contributed by atoms with Crippen molar-refractivity contribution < 1.29 is 14.3 Å². The molecule has 1 saturated heterocycles. The molecule has 8 nitrogen and oxygen atoms in total. The van der Waals surface area contributed by atoms with Crippen molar-refractivity contribution in [3.05, 3.63) is 41.7 Å². The number of benzene rings is 1. The number of aromatic nitrogens is 2. The Morgan fingerprint density at radius 2 is 1.89 bits per heavy atom. The number of ketones is 1. The van der Waals surface area contributed by atoms with E-state index in [1.807, 2.05) is 25.1 Å². The van der Waals surface area contributed by atoms with Crippen LogP contribution in [0.15, 0.2) is 30.3 Å². The van der Waals surface area contributed by atoms with Crippen molar-refractivity contribution in [1.82, 2.24) is 14.9 Å². The van der Waals surface area contributed by atoms with Crippen molar-refractivity contribution in [2.45, 2.75) is 20.8 Å². The average molecular weight is 383 g/mol. The molecular formula is C20H25N5O3. The highest BCUT2D eigenvalue weighted by molar-refractivity contribution is 5.95. The molecule has 1 aromatic carbocycles. The first-order valence-corrected chi connectivity index (χ1v) is 9.36. The molecule has 0 spiro atoms. The van der Waals surface area contributed by atoms with Gasteiger partial charge in [0, 0.05) is 43.5 Å². The van der Waals surface area contributed by atoms with E-state index in [0.717, 1.165) is 11.5 Å². The third-order valence-corrected chi connectivity index (χ3v) is 4.50. The molecule has 1 aliphatic heterocycles. The van der Waals surface area contributed by atoms with E-state index in [2.05, 4.69) is 20.2 Å². The zero-order valence-electron chi connectivity index (χ0n) is 16.4. The Hall–Kier alpha value is -3.16. The highest BCUT2D eigenvalue weighted by atomic mass is 16.6. The number of ether oxygens (including phenoxy) is 1. The van der Waals surface area contributed by atoms with Gasteiger partial charge in [-0.15, -0.1) is 0 Å². The first kappa shape index (κ1) is 19.6. The molecule has 1 aliphatic rings. The van der Waals surface area contributed by atoms with E-state index < -0.39 is 0 Å². The number of anilines is 3. The van der Waals surface area contributed by atoms with Gasteiger partial charge in [0.25, 0.3) is 0 Å². The van der Waals surface area contributed by atoms with Crippen molar-refractivity contribution >= 4 is 29.2 Å². The topological polar surface area (TPSA) is 87.7 Å². The molecule has 28 heavy (non-hydrogen) atoms. The van der Waals surface area contributed by atoms with Crippen molar-refractivity contribution in [2.24, 2.45) is 0 Å². The van der Waals surface area contributed by atoms with Crippen LogP contribution in [0.5, 0.6) is 0 Å². The van der Waals surface area contributed by atoms with E-state index in [1.54, 1.807) is 30.9 Å². The molecule has 2 aromatic rings. The molecule has 148 valence electrons. The lowest BCUT2D eigenvalue weighted by molar-refractivity contribution is 0.101. The molecule has 0 saturated carbocycles. The molecular weight excluding hydrogens is 358 g/mol. The first-order valence-electron chi connectivity index (χ1n) is 9.36. The summed E-state index contributed by atoms with van der Waals surface area (Å²) in [4.78, 5) is 36.3. The van der Waals surface area contributed by atoms with E-state index in [0.29, 0.717) is 50.0 Å². The van der Waals surface area contributed by atoms with Gasteiger partial charge in [0.2, 0.25) is 0 Å². The fraction of sp³-hybridized carbons (Fsp3) is 0.400. The zero-order valence-corrected chi connectivity index (χ0v) is 16.4. The molecule has 1 amide bonds. The Kier molecular flexibility index (Phi) is 6.08. The van der Waals surface area contributed by atoms with Crippen LogP contribution in [-0.2, 0) is 4.74 Å². The summed E-state index contributed by atoms with van der Waals surface area (Å²) < 4.78 is 5.06. The number of nitrogens with zero attached hydrogens (tertiary/aromatic N) is 4. The Labute approximate surface area is 164 Å². The van der Waals surface area contributed by atoms with Crippen LogP contribution < -0.4 is 10.2 Å². The highest BCUT2D eigenvalue weighted by Crippen LogP contribution is 2.22. The number of Topliss-reactive ketones (excluding diaryl/α,β-unsaturated/α-hetero) is 1. The van der Waals surface area contributed by atoms with Crippen molar-refractivity contribution in [1.29, 1.82) is 0 Å². The van der Waals surface area contributed by atoms with Crippen LogP contribution in [0.25, 0.3) is 0 Å². The van der Waals surface area contributed by atoms with Gasteiger partial charge in [-0.3, -0.25) is 4.79 Å². The van der Waals surface area contributed by atoms with Crippen LogP contribution >= 0.6 is 0 Å². The Morgan fingerprint density at radius 1 is 1.14 bits per heavy atom. The predicted molar refractivity (Wildman–Crippen MR) is 107 cm³/mol. The van der Waals surface area contributed by atoms with E-state index in [9.17, 15) is 9.59 Å². The second kappa shape index (κ2) is 8.69. The molecule has 8 heteroatoms. The summed E-state index contributed by atoms with van der Waals surface area (Å²) in [6.07, 6.45) is -0.270. The smallest absolute Gasteiger partial charge is 0.409 e. The number of nitrogens with one attached hydrogen (secondary N) is 1. The minimum absolute atomic E-state index is 0.0164. The van der Waals surface area contributed by atoms with Crippen LogP contribution in [0, 0.1) is 6.92 Å². The SMILES string of the molecule is CCOC(=O)N1CCN(c2cc(Nc3cccc(C(C)=O)c3)nc(C)n2)CC1. The summed E-state index contributed by atoms with van der Waals surface area (Å²) >= 11 is 0. The summed E-state index contributed by atoms with van der Waals surface area (Å²) in [7, 11) is 0. The molecule has 0 aliphatic carbocycles. The highest BCUT2D eigenvalue weighted by Gasteiger charge is 2.23. The van der Waals surface area contributed by atoms with Crippen molar-refractivity contribution in [3.63, 3.8) is 0 Å². The number of carbonyl (C=O) groups excluding carboxylic acids is 2. The van der Waals surface area contributed by atoms with Gasteiger partial charge in [0.05, 0.1) is 6.61 Å². The van der Waals surface area contributed by atoms with E-state index in [1.165, 1.54) is 0 Å². The summed E-state index contributed by atoms with van der Waals surface area (Å²) in [6, 6.07) is 9.20. The molecule has 0 atom stereocenters. The second-order valence-electron chi connectivity index (χ2n) is 6.59. The van der Waals surface area contributed by atoms with E-state index >= 15 is 0 Å². The van der Waals surface area contributed by atoms with Gasteiger partial charge in [-0.2, -0.15) is 0 Å². The van der Waals surface area contributed by atoms with Gasteiger partial charge in [-0.1, -0.05) is 12.1 Å². The predicted octanol–water partition coefficient (Wildman–Crippen LogP) is 3.01. The number of aryl methyl sites for hydroxylation is 1. The molecule has 0 radical (unpaired) electrons. The van der Waals surface area contributed by atoms with Crippen molar-refractivity contribution in [3.8, 4) is 0 Å². The fourth-order valence-electron chi connectivity index (χ4n) is 3.07. The fourth-order valence-corrected chi connectivity index (χ4v) is 3.07. The average Bonchev–Trinajstić information content (AvgIpc) is 2.68. The van der Waals surface area contributed by atoms with Crippen LogP contribution in [0.3, 0.4) is 0 Å². The molecule has 1 aromatic heterocycles. The van der Waals surface area contributed by atoms with Gasteiger partial charge in [0.15, 0.2) is 5.78 Å². The summed E-state index contributed by atoms with van der Waals surface area (Å²) in [5, 5.41) is 3.25. The normalized spacial score (nSPS) is 14.0. The molecule has 0 bridgehead atoms. The number of hydrogen-bond acceptors (Lipinski definition) is 7. The van der Waals surface area contributed by atoms with E-state index in [-0.39, 0.29) is 11.9 Å². The molecule has 3 rings (SSSR count). The van der Waals surface area contributed by atoms with Crippen LogP contribution in [-0.4, -0.2) is 59.5 Å². The Morgan fingerprint density at radius 3 is 2.57 bits per heavy atom. The third-order valence-electron chi connectivity index (χ3n) is 4.50. The quantitative estimate of drug-likeness (QED) is 0.794. The minimum atomic E-state index is -0.270. The van der Waals surface area contributed by atoms with Gasteiger partial charge < -0.3 is 19.9 Å². The van der Waals surface area contributed by atoms with Crippen molar-refractivity contribution in [2.75, 3.05) is 43.0 Å². The van der Waals surface area contributed by atoms with Crippen LogP contribution in [0.4, 0.5) is 22.1 Å². The van der Waals surface area contributed by atoms with Crippen LogP contribution in [0.2, 0.25) is 0 Å². The molecule has 2 heterocycles. The maximum Gasteiger partial charge on any atom is 0.409 e. The van der Waals surface area contributed by atoms with Gasteiger partial charge >= 0.3 is 6.09 Å². The molecule has 1 fully saturated rings. The van der Waals surface area contributed by atoms with Gasteiger partial charge in [-0.25, -0.2) is 14.8 Å². The number of amides is 1. The zero-order chi connectivity index (χ0) is 20.1. The monoisotopic (exact) mass is 383 g/mol. The standard InChI is InChI=1S/C20H25N5O3/c1-4-28-20(27)25-10-8-24(9-11-25)19-13-18(21-15(3)22-19)23-17-7-5-6-16(12-17)14(2)26/h5-7,12-13H,4,8-11H2,1-3H3,(H,21,22,23). The maximum atomic E-state index is 11.9. The lowest BCUT2D eigenvalue weighted by Gasteiger charge is -2.34. The van der Waals surface area contributed by atoms with Crippen LogP contribution in [0.1, 0.15) is 30.0 Å². The molecule has 1 N–H and O–H groups in total. The number of rotatable bonds is 5.